The van der Waals surface area contributed by atoms with Crippen molar-refractivity contribution in [1.82, 2.24) is 25.0 Å². The quantitative estimate of drug-likeness (QED) is 0.771. The summed E-state index contributed by atoms with van der Waals surface area (Å²) in [6.07, 6.45) is 7.30. The molecule has 2 N–H and O–H groups in total. The zero-order chi connectivity index (χ0) is 21.6. The molecule has 0 atom stereocenters. The molecule has 1 fully saturated rings. The van der Waals surface area contributed by atoms with Gasteiger partial charge in [-0.2, -0.15) is 0 Å². The van der Waals surface area contributed by atoms with Crippen molar-refractivity contribution in [2.45, 2.75) is 58.4 Å². The van der Waals surface area contributed by atoms with Crippen LogP contribution in [0.1, 0.15) is 61.0 Å². The Labute approximate surface area is 183 Å². The molecular formula is C23H32N6O2. The lowest BCUT2D eigenvalue weighted by Crippen LogP contribution is -2.37. The van der Waals surface area contributed by atoms with Gasteiger partial charge in [0, 0.05) is 50.3 Å². The third-order valence-corrected chi connectivity index (χ3v) is 6.28. The predicted molar refractivity (Wildman–Crippen MR) is 119 cm³/mol. The van der Waals surface area contributed by atoms with Crippen molar-refractivity contribution in [1.29, 1.82) is 0 Å². The van der Waals surface area contributed by atoms with Crippen molar-refractivity contribution < 1.29 is 9.59 Å². The Kier molecular flexibility index (Phi) is 6.84. The van der Waals surface area contributed by atoms with Crippen LogP contribution in [0.3, 0.4) is 0 Å². The van der Waals surface area contributed by atoms with Gasteiger partial charge < -0.3 is 20.1 Å². The highest BCUT2D eigenvalue weighted by atomic mass is 16.2. The first kappa shape index (κ1) is 21.3. The van der Waals surface area contributed by atoms with Crippen LogP contribution >= 0.6 is 0 Å². The van der Waals surface area contributed by atoms with Crippen molar-refractivity contribution in [2.75, 3.05) is 25.0 Å². The van der Waals surface area contributed by atoms with Crippen LogP contribution in [0.4, 0.5) is 10.5 Å². The third kappa shape index (κ3) is 5.42. The van der Waals surface area contributed by atoms with Gasteiger partial charge in [-0.25, -0.2) is 4.79 Å². The summed E-state index contributed by atoms with van der Waals surface area (Å²) in [4.78, 5) is 26.8. The highest BCUT2D eigenvalue weighted by Crippen LogP contribution is 2.19. The van der Waals surface area contributed by atoms with Crippen LogP contribution in [-0.4, -0.2) is 51.2 Å². The van der Waals surface area contributed by atoms with Gasteiger partial charge in [0.2, 0.25) is 0 Å². The molecule has 1 aromatic heterocycles. The van der Waals surface area contributed by atoms with E-state index in [2.05, 4.69) is 32.3 Å². The fourth-order valence-electron chi connectivity index (χ4n) is 4.28. The second-order valence-corrected chi connectivity index (χ2v) is 8.68. The van der Waals surface area contributed by atoms with E-state index >= 15 is 0 Å². The Morgan fingerprint density at radius 2 is 1.81 bits per heavy atom. The monoisotopic (exact) mass is 424 g/mol. The number of urea groups is 1. The van der Waals surface area contributed by atoms with E-state index in [-0.39, 0.29) is 11.9 Å². The molecule has 31 heavy (non-hydrogen) atoms. The molecule has 8 heteroatoms. The molecule has 3 heterocycles. The number of aromatic nitrogens is 3. The summed E-state index contributed by atoms with van der Waals surface area (Å²) in [5.41, 5.74) is 1.32. The molecule has 4 rings (SSSR count). The Balaban J connectivity index is 1.24. The molecule has 0 aliphatic carbocycles. The summed E-state index contributed by atoms with van der Waals surface area (Å²) in [6.45, 7) is 5.32. The Bertz CT molecular complexity index is 899. The number of fused-ring (bicyclic) bond motifs is 1. The Morgan fingerprint density at radius 3 is 2.58 bits per heavy atom. The molecule has 2 aliphatic rings. The number of nitrogens with one attached hydrogen (secondary N) is 2. The molecule has 2 aromatic rings. The zero-order valence-corrected chi connectivity index (χ0v) is 18.3. The van der Waals surface area contributed by atoms with Crippen molar-refractivity contribution in [2.24, 2.45) is 5.92 Å². The van der Waals surface area contributed by atoms with Crippen molar-refractivity contribution in [3.05, 3.63) is 41.5 Å². The maximum atomic E-state index is 12.6. The van der Waals surface area contributed by atoms with E-state index in [1.807, 2.05) is 4.90 Å². The van der Waals surface area contributed by atoms with Gasteiger partial charge in [-0.1, -0.05) is 13.3 Å². The van der Waals surface area contributed by atoms with Gasteiger partial charge in [-0.15, -0.1) is 10.2 Å². The summed E-state index contributed by atoms with van der Waals surface area (Å²) in [5, 5.41) is 14.3. The number of hydrogen-bond acceptors (Lipinski definition) is 4. The minimum absolute atomic E-state index is 0.0651. The second kappa shape index (κ2) is 9.94. The fourth-order valence-corrected chi connectivity index (χ4v) is 4.28. The topological polar surface area (TPSA) is 92.2 Å². The molecule has 1 aromatic carbocycles. The maximum Gasteiger partial charge on any atom is 0.319 e. The first-order chi connectivity index (χ1) is 15.1. The van der Waals surface area contributed by atoms with E-state index in [0.717, 1.165) is 57.0 Å². The number of carbonyl (C=O) groups is 2. The number of benzene rings is 1. The van der Waals surface area contributed by atoms with Crippen LogP contribution in [0.5, 0.6) is 0 Å². The van der Waals surface area contributed by atoms with Crippen LogP contribution < -0.4 is 10.6 Å². The minimum Gasteiger partial charge on any atom is -0.339 e. The number of hydrogen-bond donors (Lipinski definition) is 2. The van der Waals surface area contributed by atoms with Crippen LogP contribution in [0.2, 0.25) is 0 Å². The van der Waals surface area contributed by atoms with E-state index in [1.54, 1.807) is 24.3 Å². The summed E-state index contributed by atoms with van der Waals surface area (Å²) in [5.74, 6) is 2.75. The summed E-state index contributed by atoms with van der Waals surface area (Å²) in [7, 11) is 0. The molecule has 0 radical (unpaired) electrons. The van der Waals surface area contributed by atoms with Gasteiger partial charge in [-0.3, -0.25) is 4.79 Å². The summed E-state index contributed by atoms with van der Waals surface area (Å²) in [6, 6.07) is 6.85. The van der Waals surface area contributed by atoms with Crippen LogP contribution in [-0.2, 0) is 19.4 Å². The van der Waals surface area contributed by atoms with Gasteiger partial charge in [0.1, 0.15) is 11.6 Å². The number of rotatable bonds is 5. The van der Waals surface area contributed by atoms with Gasteiger partial charge in [0.15, 0.2) is 0 Å². The third-order valence-electron chi connectivity index (χ3n) is 6.28. The molecule has 0 spiro atoms. The largest absolute Gasteiger partial charge is 0.339 e. The predicted octanol–water partition coefficient (Wildman–Crippen LogP) is 3.24. The number of anilines is 1. The molecule has 3 amide bonds. The summed E-state index contributed by atoms with van der Waals surface area (Å²) >= 11 is 0. The van der Waals surface area contributed by atoms with Crippen molar-refractivity contribution in [3.8, 4) is 0 Å². The van der Waals surface area contributed by atoms with Gasteiger partial charge >= 0.3 is 6.03 Å². The average Bonchev–Trinajstić information content (AvgIpc) is 3.00. The fraction of sp³-hybridized carbons (Fsp3) is 0.565. The molecule has 1 saturated heterocycles. The van der Waals surface area contributed by atoms with Crippen LogP contribution in [0, 0.1) is 5.92 Å². The minimum atomic E-state index is -0.264. The number of amides is 3. The lowest BCUT2D eigenvalue weighted by molar-refractivity contribution is 0.0697. The van der Waals surface area contributed by atoms with E-state index in [0.29, 0.717) is 30.1 Å². The van der Waals surface area contributed by atoms with E-state index < -0.39 is 0 Å². The zero-order valence-electron chi connectivity index (χ0n) is 18.3. The molecule has 166 valence electrons. The van der Waals surface area contributed by atoms with Crippen molar-refractivity contribution >= 4 is 17.6 Å². The van der Waals surface area contributed by atoms with E-state index in [9.17, 15) is 9.59 Å². The Morgan fingerprint density at radius 1 is 1.03 bits per heavy atom. The standard InChI is InChI=1S/C23H32N6O2/c1-17-11-15-28(16-12-17)22(30)18-6-8-19(9-7-18)25-23(31)24-13-10-21-27-26-20-5-3-2-4-14-29(20)21/h6-9,17H,2-5,10-16H2,1H3,(H2,24,25,31). The van der Waals surface area contributed by atoms with Crippen LogP contribution in [0.25, 0.3) is 0 Å². The lowest BCUT2D eigenvalue weighted by Gasteiger charge is -2.30. The second-order valence-electron chi connectivity index (χ2n) is 8.68. The number of piperidine rings is 1. The molecule has 0 bridgehead atoms. The van der Waals surface area contributed by atoms with Crippen molar-refractivity contribution in [3.63, 3.8) is 0 Å². The smallest absolute Gasteiger partial charge is 0.319 e. The molecule has 0 saturated carbocycles. The van der Waals surface area contributed by atoms with E-state index in [1.165, 1.54) is 12.8 Å². The van der Waals surface area contributed by atoms with E-state index in [4.69, 9.17) is 0 Å². The maximum absolute atomic E-state index is 12.6. The lowest BCUT2D eigenvalue weighted by atomic mass is 9.98. The number of aryl methyl sites for hydroxylation is 1. The number of carbonyl (C=O) groups excluding carboxylic acids is 2. The summed E-state index contributed by atoms with van der Waals surface area (Å²) < 4.78 is 2.20. The van der Waals surface area contributed by atoms with Crippen LogP contribution in [0.15, 0.2) is 24.3 Å². The van der Waals surface area contributed by atoms with Gasteiger partial charge in [0.25, 0.3) is 5.91 Å². The first-order valence-corrected chi connectivity index (χ1v) is 11.5. The highest BCUT2D eigenvalue weighted by Gasteiger charge is 2.21. The Hall–Kier alpha value is -2.90. The highest BCUT2D eigenvalue weighted by molar-refractivity contribution is 5.95. The first-order valence-electron chi connectivity index (χ1n) is 11.5. The SMILES string of the molecule is CC1CCN(C(=O)c2ccc(NC(=O)NCCc3nnc4n3CCCCC4)cc2)CC1. The number of likely N-dealkylation sites (tertiary alicyclic amines) is 1. The normalized spacial score (nSPS) is 17.0. The van der Waals surface area contributed by atoms with Gasteiger partial charge in [0.05, 0.1) is 0 Å². The molecular weight excluding hydrogens is 392 g/mol. The average molecular weight is 425 g/mol. The number of nitrogens with zero attached hydrogens (tertiary/aromatic N) is 4. The van der Waals surface area contributed by atoms with Gasteiger partial charge in [-0.05, 0) is 55.9 Å². The molecule has 0 unspecified atom stereocenters. The molecule has 2 aliphatic heterocycles. The molecule has 8 nitrogen and oxygen atoms in total.